The molecule has 12 heavy (non-hydrogen) atoms. The summed E-state index contributed by atoms with van der Waals surface area (Å²) in [5.41, 5.74) is 0. The summed E-state index contributed by atoms with van der Waals surface area (Å²) < 4.78 is 5.28. The smallest absolute Gasteiger partial charge is 0.133 e. The van der Waals surface area contributed by atoms with E-state index in [-0.39, 0.29) is 5.92 Å². The van der Waals surface area contributed by atoms with Gasteiger partial charge in [-0.1, -0.05) is 6.58 Å². The molecular formula is C10H16O2. The molecule has 0 N–H and O–H groups in total. The van der Waals surface area contributed by atoms with Crippen LogP contribution in [-0.4, -0.2) is 12.4 Å². The minimum Gasteiger partial charge on any atom is -0.499 e. The third-order valence-corrected chi connectivity index (χ3v) is 2.27. The van der Waals surface area contributed by atoms with Crippen LogP contribution in [0.5, 0.6) is 0 Å². The Hall–Kier alpha value is -0.790. The first-order valence-electron chi connectivity index (χ1n) is 4.57. The van der Waals surface area contributed by atoms with Crippen molar-refractivity contribution in [2.24, 2.45) is 5.92 Å². The van der Waals surface area contributed by atoms with Crippen LogP contribution in [0.25, 0.3) is 0 Å². The average Bonchev–Trinajstić information content (AvgIpc) is 2.05. The summed E-state index contributed by atoms with van der Waals surface area (Å²) in [6.45, 7) is 6.42. The van der Waals surface area contributed by atoms with E-state index in [1.54, 1.807) is 0 Å². The van der Waals surface area contributed by atoms with E-state index in [0.29, 0.717) is 18.8 Å². The molecule has 1 atom stereocenters. The second-order valence-electron chi connectivity index (χ2n) is 3.23. The second kappa shape index (κ2) is 4.29. The standard InChI is InChI=1S/C10H16O2/c1-3-12-8(2)9-5-4-6-10(11)7-9/h9H,2-7H2,1H3. The Balaban J connectivity index is 2.40. The van der Waals surface area contributed by atoms with Gasteiger partial charge in [-0.3, -0.25) is 4.79 Å². The maximum Gasteiger partial charge on any atom is 0.133 e. The van der Waals surface area contributed by atoms with E-state index in [1.165, 1.54) is 0 Å². The number of hydrogen-bond acceptors (Lipinski definition) is 2. The summed E-state index contributed by atoms with van der Waals surface area (Å²) in [4.78, 5) is 11.1. The molecule has 1 rings (SSSR count). The van der Waals surface area contributed by atoms with Crippen molar-refractivity contribution < 1.29 is 9.53 Å². The molecule has 1 unspecified atom stereocenters. The van der Waals surface area contributed by atoms with Gasteiger partial charge >= 0.3 is 0 Å². The minimum atomic E-state index is 0.284. The van der Waals surface area contributed by atoms with Crippen molar-refractivity contribution in [3.05, 3.63) is 12.3 Å². The van der Waals surface area contributed by atoms with E-state index in [0.717, 1.165) is 25.0 Å². The lowest BCUT2D eigenvalue weighted by Crippen LogP contribution is -2.17. The lowest BCUT2D eigenvalue weighted by atomic mass is 9.87. The number of Topliss-reactive ketones (excluding diaryl/α,β-unsaturated/α-hetero) is 1. The van der Waals surface area contributed by atoms with Gasteiger partial charge in [-0.15, -0.1) is 0 Å². The number of carbonyl (C=O) groups excluding carboxylic acids is 1. The number of ketones is 1. The molecule has 0 aromatic carbocycles. The highest BCUT2D eigenvalue weighted by atomic mass is 16.5. The highest BCUT2D eigenvalue weighted by Crippen LogP contribution is 2.27. The molecular weight excluding hydrogens is 152 g/mol. The van der Waals surface area contributed by atoms with Crippen LogP contribution in [0.3, 0.4) is 0 Å². The topological polar surface area (TPSA) is 26.3 Å². The molecule has 0 radical (unpaired) electrons. The lowest BCUT2D eigenvalue weighted by Gasteiger charge is -2.22. The molecule has 2 heteroatoms. The van der Waals surface area contributed by atoms with E-state index < -0.39 is 0 Å². The lowest BCUT2D eigenvalue weighted by molar-refractivity contribution is -0.121. The van der Waals surface area contributed by atoms with Crippen molar-refractivity contribution in [1.82, 2.24) is 0 Å². The third-order valence-electron chi connectivity index (χ3n) is 2.27. The predicted molar refractivity (Wildman–Crippen MR) is 47.7 cm³/mol. The molecule has 1 aliphatic carbocycles. The van der Waals surface area contributed by atoms with Crippen LogP contribution in [0, 0.1) is 5.92 Å². The van der Waals surface area contributed by atoms with Gasteiger partial charge in [0.25, 0.3) is 0 Å². The SMILES string of the molecule is C=C(OCC)C1CCCC(=O)C1. The monoisotopic (exact) mass is 168 g/mol. The highest BCUT2D eigenvalue weighted by molar-refractivity contribution is 5.79. The molecule has 0 bridgehead atoms. The third kappa shape index (κ3) is 2.36. The maximum atomic E-state index is 11.1. The Labute approximate surface area is 73.6 Å². The van der Waals surface area contributed by atoms with Gasteiger partial charge in [0, 0.05) is 18.8 Å². The zero-order chi connectivity index (χ0) is 8.97. The van der Waals surface area contributed by atoms with Crippen LogP contribution >= 0.6 is 0 Å². The fourth-order valence-corrected chi connectivity index (χ4v) is 1.60. The zero-order valence-corrected chi connectivity index (χ0v) is 7.64. The number of allylic oxidation sites excluding steroid dienone is 1. The van der Waals surface area contributed by atoms with Gasteiger partial charge in [0.2, 0.25) is 0 Å². The summed E-state index contributed by atoms with van der Waals surface area (Å²) in [5.74, 6) is 1.43. The van der Waals surface area contributed by atoms with Crippen LogP contribution in [0.2, 0.25) is 0 Å². The summed E-state index contributed by atoms with van der Waals surface area (Å²) >= 11 is 0. The number of hydrogen-bond donors (Lipinski definition) is 0. The molecule has 0 spiro atoms. The zero-order valence-electron chi connectivity index (χ0n) is 7.64. The second-order valence-corrected chi connectivity index (χ2v) is 3.23. The van der Waals surface area contributed by atoms with Crippen LogP contribution in [0.1, 0.15) is 32.6 Å². The molecule has 0 heterocycles. The maximum absolute atomic E-state index is 11.1. The van der Waals surface area contributed by atoms with Gasteiger partial charge in [0.15, 0.2) is 0 Å². The van der Waals surface area contributed by atoms with Crippen molar-refractivity contribution in [3.8, 4) is 0 Å². The summed E-state index contributed by atoms with van der Waals surface area (Å²) in [5, 5.41) is 0. The number of carbonyl (C=O) groups is 1. The quantitative estimate of drug-likeness (QED) is 0.604. The Morgan fingerprint density at radius 2 is 2.50 bits per heavy atom. The molecule has 0 amide bonds. The van der Waals surface area contributed by atoms with E-state index in [4.69, 9.17) is 4.74 Å². The Kier molecular flexibility index (Phi) is 3.32. The number of ether oxygens (including phenoxy) is 1. The van der Waals surface area contributed by atoms with Crippen molar-refractivity contribution in [2.45, 2.75) is 32.6 Å². The molecule has 0 aromatic heterocycles. The molecule has 0 saturated heterocycles. The molecule has 0 aliphatic heterocycles. The van der Waals surface area contributed by atoms with Crippen molar-refractivity contribution in [2.75, 3.05) is 6.61 Å². The van der Waals surface area contributed by atoms with E-state index in [2.05, 4.69) is 6.58 Å². The number of rotatable bonds is 3. The molecule has 1 fully saturated rings. The fourth-order valence-electron chi connectivity index (χ4n) is 1.60. The largest absolute Gasteiger partial charge is 0.499 e. The van der Waals surface area contributed by atoms with Crippen molar-refractivity contribution in [1.29, 1.82) is 0 Å². The van der Waals surface area contributed by atoms with Crippen molar-refractivity contribution >= 4 is 5.78 Å². The first-order chi connectivity index (χ1) is 5.74. The van der Waals surface area contributed by atoms with Crippen molar-refractivity contribution in [3.63, 3.8) is 0 Å². The van der Waals surface area contributed by atoms with E-state index in [1.807, 2.05) is 6.92 Å². The summed E-state index contributed by atoms with van der Waals surface area (Å²) in [6.07, 6.45) is 3.44. The van der Waals surface area contributed by atoms with Gasteiger partial charge in [0.1, 0.15) is 5.78 Å². The Bertz CT molecular complexity index is 184. The predicted octanol–water partition coefficient (Wildman–Crippen LogP) is 2.30. The normalized spacial score (nSPS) is 23.8. The van der Waals surface area contributed by atoms with Crippen LogP contribution < -0.4 is 0 Å². The molecule has 2 nitrogen and oxygen atoms in total. The van der Waals surface area contributed by atoms with E-state index >= 15 is 0 Å². The van der Waals surface area contributed by atoms with Gasteiger partial charge in [0.05, 0.1) is 12.4 Å². The Morgan fingerprint density at radius 3 is 3.08 bits per heavy atom. The average molecular weight is 168 g/mol. The molecule has 0 aromatic rings. The summed E-state index contributed by atoms with van der Waals surface area (Å²) in [7, 11) is 0. The van der Waals surface area contributed by atoms with Gasteiger partial charge < -0.3 is 4.74 Å². The van der Waals surface area contributed by atoms with Gasteiger partial charge in [-0.25, -0.2) is 0 Å². The van der Waals surface area contributed by atoms with Gasteiger partial charge in [-0.2, -0.15) is 0 Å². The summed E-state index contributed by atoms with van der Waals surface area (Å²) in [6, 6.07) is 0. The minimum absolute atomic E-state index is 0.284. The molecule has 1 saturated carbocycles. The van der Waals surface area contributed by atoms with Crippen LogP contribution in [0.4, 0.5) is 0 Å². The van der Waals surface area contributed by atoms with Crippen LogP contribution in [0.15, 0.2) is 12.3 Å². The van der Waals surface area contributed by atoms with Crippen LogP contribution in [-0.2, 0) is 9.53 Å². The first kappa shape index (κ1) is 9.30. The fraction of sp³-hybridized carbons (Fsp3) is 0.700. The molecule has 1 aliphatic rings. The molecule has 68 valence electrons. The van der Waals surface area contributed by atoms with E-state index in [9.17, 15) is 4.79 Å². The van der Waals surface area contributed by atoms with Gasteiger partial charge in [-0.05, 0) is 19.8 Å². The Morgan fingerprint density at radius 1 is 1.75 bits per heavy atom. The first-order valence-corrected chi connectivity index (χ1v) is 4.57. The highest BCUT2D eigenvalue weighted by Gasteiger charge is 2.22.